The van der Waals surface area contributed by atoms with Crippen molar-refractivity contribution in [3.8, 4) is 0 Å². The Morgan fingerprint density at radius 2 is 1.50 bits per heavy atom. The second kappa shape index (κ2) is 7.18. The molecular formula is C10H17F6NO. The summed E-state index contributed by atoms with van der Waals surface area (Å²) in [6.45, 7) is 3.34. The third-order valence-electron chi connectivity index (χ3n) is 2.19. The van der Waals surface area contributed by atoms with Gasteiger partial charge in [0.2, 0.25) is 6.10 Å². The molecule has 2 nitrogen and oxygen atoms in total. The van der Waals surface area contributed by atoms with E-state index in [1.54, 1.807) is 13.8 Å². The maximum atomic E-state index is 12.2. The molecule has 18 heavy (non-hydrogen) atoms. The summed E-state index contributed by atoms with van der Waals surface area (Å²) < 4.78 is 77.1. The Morgan fingerprint density at radius 1 is 1.00 bits per heavy atom. The van der Waals surface area contributed by atoms with Crippen molar-refractivity contribution in [1.29, 1.82) is 0 Å². The van der Waals surface area contributed by atoms with Crippen LogP contribution in [0.5, 0.6) is 0 Å². The van der Waals surface area contributed by atoms with Crippen LogP contribution in [0.1, 0.15) is 26.7 Å². The fourth-order valence-electron chi connectivity index (χ4n) is 1.47. The standard InChI is InChI=1S/C10H17F6NO/c1-3-5-7(17-4-2)6-18-8(9(11,12)13)10(14,15)16/h7-8,17H,3-6H2,1-2H3. The predicted octanol–water partition coefficient (Wildman–Crippen LogP) is 3.27. The van der Waals surface area contributed by atoms with E-state index in [1.165, 1.54) is 0 Å². The van der Waals surface area contributed by atoms with E-state index in [4.69, 9.17) is 0 Å². The zero-order valence-electron chi connectivity index (χ0n) is 10.2. The van der Waals surface area contributed by atoms with E-state index >= 15 is 0 Å². The highest BCUT2D eigenvalue weighted by Gasteiger charge is 2.58. The molecule has 0 aliphatic carbocycles. The van der Waals surface area contributed by atoms with Gasteiger partial charge in [0.05, 0.1) is 6.61 Å². The molecule has 0 radical (unpaired) electrons. The highest BCUT2D eigenvalue weighted by molar-refractivity contribution is 4.77. The molecule has 1 atom stereocenters. The Bertz CT molecular complexity index is 207. The molecule has 0 rings (SSSR count). The van der Waals surface area contributed by atoms with Crippen molar-refractivity contribution in [3.63, 3.8) is 0 Å². The van der Waals surface area contributed by atoms with Crippen LogP contribution < -0.4 is 5.32 Å². The number of rotatable bonds is 7. The molecule has 0 aromatic heterocycles. The molecule has 0 heterocycles. The quantitative estimate of drug-likeness (QED) is 0.723. The maximum Gasteiger partial charge on any atom is 0.423 e. The van der Waals surface area contributed by atoms with Crippen LogP contribution in [0.4, 0.5) is 26.3 Å². The molecule has 0 saturated heterocycles. The Morgan fingerprint density at radius 3 is 1.83 bits per heavy atom. The predicted molar refractivity (Wildman–Crippen MR) is 54.2 cm³/mol. The second-order valence-corrected chi connectivity index (χ2v) is 3.84. The Balaban J connectivity index is 4.51. The lowest BCUT2D eigenvalue weighted by molar-refractivity contribution is -0.322. The van der Waals surface area contributed by atoms with Gasteiger partial charge in [0, 0.05) is 6.04 Å². The highest BCUT2D eigenvalue weighted by atomic mass is 19.4. The molecule has 0 bridgehead atoms. The van der Waals surface area contributed by atoms with Gasteiger partial charge in [0.1, 0.15) is 0 Å². The van der Waals surface area contributed by atoms with Gasteiger partial charge in [-0.15, -0.1) is 0 Å². The van der Waals surface area contributed by atoms with E-state index in [0.717, 1.165) is 0 Å². The summed E-state index contributed by atoms with van der Waals surface area (Å²) in [4.78, 5) is 0. The van der Waals surface area contributed by atoms with Gasteiger partial charge < -0.3 is 10.1 Å². The molecule has 0 aromatic carbocycles. The summed E-state index contributed by atoms with van der Waals surface area (Å²) in [6, 6.07) is -0.507. The summed E-state index contributed by atoms with van der Waals surface area (Å²) in [6.07, 6.45) is -13.5. The normalized spacial score (nSPS) is 15.2. The lowest BCUT2D eigenvalue weighted by atomic mass is 10.2. The molecule has 8 heteroatoms. The first kappa shape index (κ1) is 17.5. The van der Waals surface area contributed by atoms with Crippen LogP contribution in [0.25, 0.3) is 0 Å². The lowest BCUT2D eigenvalue weighted by Gasteiger charge is -2.25. The molecule has 1 unspecified atom stereocenters. The summed E-state index contributed by atoms with van der Waals surface area (Å²) in [5, 5.41) is 2.78. The minimum Gasteiger partial charge on any atom is -0.359 e. The van der Waals surface area contributed by atoms with E-state index < -0.39 is 31.1 Å². The van der Waals surface area contributed by atoms with Gasteiger partial charge in [0.15, 0.2) is 0 Å². The van der Waals surface area contributed by atoms with Crippen molar-refractivity contribution < 1.29 is 31.1 Å². The van der Waals surface area contributed by atoms with E-state index in [9.17, 15) is 26.3 Å². The maximum absolute atomic E-state index is 12.2. The van der Waals surface area contributed by atoms with Crippen LogP contribution in [0.15, 0.2) is 0 Å². The smallest absolute Gasteiger partial charge is 0.359 e. The second-order valence-electron chi connectivity index (χ2n) is 3.84. The molecule has 0 aliphatic heterocycles. The monoisotopic (exact) mass is 281 g/mol. The van der Waals surface area contributed by atoms with Gasteiger partial charge in [0.25, 0.3) is 0 Å². The van der Waals surface area contributed by atoms with Crippen molar-refractivity contribution in [1.82, 2.24) is 5.32 Å². The van der Waals surface area contributed by atoms with Crippen molar-refractivity contribution in [2.75, 3.05) is 13.2 Å². The lowest BCUT2D eigenvalue weighted by Crippen LogP contribution is -2.47. The first-order valence-corrected chi connectivity index (χ1v) is 5.61. The zero-order valence-corrected chi connectivity index (χ0v) is 10.2. The van der Waals surface area contributed by atoms with E-state index in [-0.39, 0.29) is 0 Å². The number of alkyl halides is 6. The first-order valence-electron chi connectivity index (χ1n) is 5.61. The van der Waals surface area contributed by atoms with Gasteiger partial charge in [-0.05, 0) is 13.0 Å². The van der Waals surface area contributed by atoms with Gasteiger partial charge in [-0.1, -0.05) is 20.3 Å². The SMILES string of the molecule is CCCC(COC(C(F)(F)F)C(F)(F)F)NCC. The minimum atomic E-state index is -5.44. The number of nitrogens with one attached hydrogen (secondary N) is 1. The fraction of sp³-hybridized carbons (Fsp3) is 1.00. The molecule has 1 N–H and O–H groups in total. The minimum absolute atomic E-state index is 0.455. The third kappa shape index (κ3) is 6.44. The van der Waals surface area contributed by atoms with E-state index in [0.29, 0.717) is 19.4 Å². The van der Waals surface area contributed by atoms with Crippen LogP contribution in [-0.4, -0.2) is 37.7 Å². The van der Waals surface area contributed by atoms with Crippen LogP contribution in [0.3, 0.4) is 0 Å². The Hall–Kier alpha value is -0.500. The van der Waals surface area contributed by atoms with Crippen LogP contribution in [0, 0.1) is 0 Å². The number of hydrogen-bond acceptors (Lipinski definition) is 2. The van der Waals surface area contributed by atoms with E-state index in [1.807, 2.05) is 0 Å². The fourth-order valence-corrected chi connectivity index (χ4v) is 1.47. The summed E-state index contributed by atoms with van der Waals surface area (Å²) in [7, 11) is 0. The van der Waals surface area contributed by atoms with Crippen molar-refractivity contribution in [3.05, 3.63) is 0 Å². The Labute approximate surface area is 102 Å². The average molecular weight is 281 g/mol. The molecule has 0 saturated carbocycles. The van der Waals surface area contributed by atoms with Gasteiger partial charge in [-0.3, -0.25) is 0 Å². The van der Waals surface area contributed by atoms with Gasteiger partial charge in [-0.2, -0.15) is 26.3 Å². The molecule has 0 amide bonds. The first-order chi connectivity index (χ1) is 8.12. The van der Waals surface area contributed by atoms with E-state index in [2.05, 4.69) is 10.1 Å². The summed E-state index contributed by atoms with van der Waals surface area (Å²) in [5.41, 5.74) is 0. The van der Waals surface area contributed by atoms with Crippen LogP contribution in [0.2, 0.25) is 0 Å². The molecule has 0 spiro atoms. The molecule has 0 aliphatic rings. The molecule has 0 fully saturated rings. The zero-order chi connectivity index (χ0) is 14.4. The molecule has 0 aromatic rings. The van der Waals surface area contributed by atoms with Crippen LogP contribution in [-0.2, 0) is 4.74 Å². The third-order valence-corrected chi connectivity index (χ3v) is 2.19. The topological polar surface area (TPSA) is 21.3 Å². The number of ether oxygens (including phenoxy) is 1. The number of halogens is 6. The van der Waals surface area contributed by atoms with Crippen molar-refractivity contribution in [2.45, 2.75) is 51.2 Å². The molecular weight excluding hydrogens is 264 g/mol. The molecule has 110 valence electrons. The van der Waals surface area contributed by atoms with Crippen LogP contribution >= 0.6 is 0 Å². The summed E-state index contributed by atoms with van der Waals surface area (Å²) >= 11 is 0. The van der Waals surface area contributed by atoms with Crippen molar-refractivity contribution >= 4 is 0 Å². The average Bonchev–Trinajstić information content (AvgIpc) is 2.14. The largest absolute Gasteiger partial charge is 0.423 e. The Kier molecular flexibility index (Phi) is 6.98. The number of hydrogen-bond donors (Lipinski definition) is 1. The van der Waals surface area contributed by atoms with Gasteiger partial charge >= 0.3 is 12.4 Å². The summed E-state index contributed by atoms with van der Waals surface area (Å²) in [5.74, 6) is 0. The number of likely N-dealkylation sites (N-methyl/N-ethyl adjacent to an activating group) is 1. The van der Waals surface area contributed by atoms with Crippen molar-refractivity contribution in [2.24, 2.45) is 0 Å². The highest BCUT2D eigenvalue weighted by Crippen LogP contribution is 2.35. The van der Waals surface area contributed by atoms with Gasteiger partial charge in [-0.25, -0.2) is 0 Å².